The summed E-state index contributed by atoms with van der Waals surface area (Å²) in [7, 11) is -0.365. The molecule has 0 aromatic carbocycles. The molecule has 3 nitrogen and oxygen atoms in total. The number of ether oxygens (including phenoxy) is 1. The van der Waals surface area contributed by atoms with Gasteiger partial charge in [0.05, 0.1) is 7.11 Å². The fourth-order valence-corrected chi connectivity index (χ4v) is 8.80. The standard InChI is InChI=1S/C17H34O3Si/c1-13(2)21(14(3)4,15(5)6)20-12-11-16(7)9-10-17(18)19-8/h9-10,13-16H,11-12H2,1-8H3/b10-9+/t16-/m1/s1. The molecular formula is C17H34O3Si. The van der Waals surface area contributed by atoms with Gasteiger partial charge >= 0.3 is 5.97 Å². The summed E-state index contributed by atoms with van der Waals surface area (Å²) in [6, 6.07) is 0. The molecule has 0 radical (unpaired) electrons. The molecule has 124 valence electrons. The average molecular weight is 315 g/mol. The number of allylic oxidation sites excluding steroid dienone is 1. The molecule has 0 N–H and O–H groups in total. The van der Waals surface area contributed by atoms with E-state index in [-0.39, 0.29) is 5.97 Å². The van der Waals surface area contributed by atoms with Crippen LogP contribution in [0.5, 0.6) is 0 Å². The predicted octanol–water partition coefficient (Wildman–Crippen LogP) is 4.93. The molecule has 0 saturated carbocycles. The van der Waals surface area contributed by atoms with Crippen LogP contribution in [-0.2, 0) is 14.0 Å². The van der Waals surface area contributed by atoms with Crippen LogP contribution >= 0.6 is 0 Å². The molecule has 0 unspecified atom stereocenters. The molecule has 0 fully saturated rings. The van der Waals surface area contributed by atoms with Gasteiger partial charge in [-0.15, -0.1) is 0 Å². The van der Waals surface area contributed by atoms with Crippen molar-refractivity contribution in [3.05, 3.63) is 12.2 Å². The van der Waals surface area contributed by atoms with E-state index in [1.54, 1.807) is 0 Å². The Balaban J connectivity index is 4.58. The van der Waals surface area contributed by atoms with Crippen molar-refractivity contribution in [3.8, 4) is 0 Å². The summed E-state index contributed by atoms with van der Waals surface area (Å²) in [6.07, 6.45) is 4.34. The quantitative estimate of drug-likeness (QED) is 0.344. The molecule has 0 spiro atoms. The first-order valence-electron chi connectivity index (χ1n) is 8.08. The molecule has 21 heavy (non-hydrogen) atoms. The van der Waals surface area contributed by atoms with Crippen LogP contribution in [0.4, 0.5) is 0 Å². The predicted molar refractivity (Wildman–Crippen MR) is 91.9 cm³/mol. The van der Waals surface area contributed by atoms with Crippen LogP contribution in [0, 0.1) is 5.92 Å². The van der Waals surface area contributed by atoms with E-state index < -0.39 is 8.32 Å². The van der Waals surface area contributed by atoms with E-state index in [1.165, 1.54) is 13.2 Å². The summed E-state index contributed by atoms with van der Waals surface area (Å²) in [5.41, 5.74) is 1.83. The van der Waals surface area contributed by atoms with E-state index >= 15 is 0 Å². The van der Waals surface area contributed by atoms with Gasteiger partial charge in [0.2, 0.25) is 0 Å². The summed E-state index contributed by atoms with van der Waals surface area (Å²) < 4.78 is 11.1. The summed E-state index contributed by atoms with van der Waals surface area (Å²) in [6.45, 7) is 16.7. The molecule has 0 aliphatic heterocycles. The van der Waals surface area contributed by atoms with Crippen molar-refractivity contribution in [3.63, 3.8) is 0 Å². The number of esters is 1. The summed E-state index contributed by atoms with van der Waals surface area (Å²) in [5, 5.41) is 0. The van der Waals surface area contributed by atoms with Gasteiger partial charge in [0.25, 0.3) is 0 Å². The van der Waals surface area contributed by atoms with Crippen LogP contribution in [0.15, 0.2) is 12.2 Å². The zero-order chi connectivity index (χ0) is 16.6. The molecule has 0 aliphatic rings. The Morgan fingerprint density at radius 2 is 1.48 bits per heavy atom. The minimum atomic E-state index is -1.76. The highest BCUT2D eigenvalue weighted by Gasteiger charge is 2.44. The lowest BCUT2D eigenvalue weighted by Crippen LogP contribution is -2.48. The molecule has 0 aromatic rings. The van der Waals surface area contributed by atoms with Crippen molar-refractivity contribution in [1.29, 1.82) is 0 Å². The molecule has 0 aromatic heterocycles. The van der Waals surface area contributed by atoms with Gasteiger partial charge < -0.3 is 9.16 Å². The molecule has 0 saturated heterocycles. The molecule has 0 amide bonds. The molecule has 0 heterocycles. The molecule has 4 heteroatoms. The van der Waals surface area contributed by atoms with Gasteiger partial charge in [-0.05, 0) is 29.0 Å². The molecule has 0 rings (SSSR count). The van der Waals surface area contributed by atoms with Crippen molar-refractivity contribution in [2.75, 3.05) is 13.7 Å². The normalized spacial score (nSPS) is 14.4. The van der Waals surface area contributed by atoms with Crippen LogP contribution in [0.3, 0.4) is 0 Å². The number of hydrogen-bond donors (Lipinski definition) is 0. The van der Waals surface area contributed by atoms with E-state index in [1.807, 2.05) is 6.08 Å². The highest BCUT2D eigenvalue weighted by atomic mass is 28.4. The van der Waals surface area contributed by atoms with Gasteiger partial charge in [0.1, 0.15) is 0 Å². The van der Waals surface area contributed by atoms with Crippen molar-refractivity contribution < 1.29 is 14.0 Å². The van der Waals surface area contributed by atoms with E-state index in [9.17, 15) is 4.79 Å². The maximum Gasteiger partial charge on any atom is 0.330 e. The average Bonchev–Trinajstić information content (AvgIpc) is 2.39. The Hall–Kier alpha value is -0.613. The number of carbonyl (C=O) groups is 1. The van der Waals surface area contributed by atoms with Crippen molar-refractivity contribution >= 4 is 14.3 Å². The van der Waals surface area contributed by atoms with Gasteiger partial charge in [0.15, 0.2) is 8.32 Å². The van der Waals surface area contributed by atoms with Crippen LogP contribution < -0.4 is 0 Å². The lowest BCUT2D eigenvalue weighted by molar-refractivity contribution is -0.134. The lowest BCUT2D eigenvalue weighted by Gasteiger charge is -2.42. The molecule has 1 atom stereocenters. The Labute approximate surface area is 132 Å². The van der Waals surface area contributed by atoms with Crippen molar-refractivity contribution in [2.24, 2.45) is 5.92 Å². The zero-order valence-corrected chi connectivity index (χ0v) is 16.1. The maximum absolute atomic E-state index is 11.1. The van der Waals surface area contributed by atoms with E-state index in [2.05, 4.69) is 53.2 Å². The minimum absolute atomic E-state index is 0.293. The Morgan fingerprint density at radius 3 is 1.86 bits per heavy atom. The van der Waals surface area contributed by atoms with Crippen LogP contribution in [0.1, 0.15) is 54.9 Å². The topological polar surface area (TPSA) is 35.5 Å². The zero-order valence-electron chi connectivity index (χ0n) is 15.1. The third-order valence-corrected chi connectivity index (χ3v) is 10.5. The second kappa shape index (κ2) is 9.41. The highest BCUT2D eigenvalue weighted by Crippen LogP contribution is 2.42. The van der Waals surface area contributed by atoms with Crippen LogP contribution in [-0.4, -0.2) is 28.0 Å². The molecule has 0 bridgehead atoms. The molecular weight excluding hydrogens is 280 g/mol. The first-order chi connectivity index (χ1) is 9.68. The SMILES string of the molecule is COC(=O)/C=C/[C@@H](C)CCO[Si](C(C)C)(C(C)C)C(C)C. The van der Waals surface area contributed by atoms with E-state index in [4.69, 9.17) is 4.43 Å². The third kappa shape index (κ3) is 5.95. The Bertz CT molecular complexity index is 313. The van der Waals surface area contributed by atoms with Crippen LogP contribution in [0.2, 0.25) is 16.6 Å². The van der Waals surface area contributed by atoms with Crippen molar-refractivity contribution in [1.82, 2.24) is 0 Å². The number of rotatable bonds is 9. The van der Waals surface area contributed by atoms with Crippen molar-refractivity contribution in [2.45, 2.75) is 71.5 Å². The number of hydrogen-bond acceptors (Lipinski definition) is 3. The number of methoxy groups -OCH3 is 1. The maximum atomic E-state index is 11.1. The monoisotopic (exact) mass is 314 g/mol. The second-order valence-corrected chi connectivity index (χ2v) is 12.3. The first kappa shape index (κ1) is 20.4. The van der Waals surface area contributed by atoms with E-state index in [0.29, 0.717) is 22.5 Å². The lowest BCUT2D eigenvalue weighted by atomic mass is 10.1. The second-order valence-electron chi connectivity index (χ2n) is 6.81. The summed E-state index contributed by atoms with van der Waals surface area (Å²) in [5.74, 6) is 0.0281. The summed E-state index contributed by atoms with van der Waals surface area (Å²) >= 11 is 0. The minimum Gasteiger partial charge on any atom is -0.466 e. The largest absolute Gasteiger partial charge is 0.466 e. The first-order valence-corrected chi connectivity index (χ1v) is 10.2. The van der Waals surface area contributed by atoms with Gasteiger partial charge in [-0.1, -0.05) is 54.5 Å². The van der Waals surface area contributed by atoms with Gasteiger partial charge in [-0.3, -0.25) is 0 Å². The van der Waals surface area contributed by atoms with Crippen LogP contribution in [0.25, 0.3) is 0 Å². The highest BCUT2D eigenvalue weighted by molar-refractivity contribution is 6.77. The Morgan fingerprint density at radius 1 is 1.00 bits per heavy atom. The fraction of sp³-hybridized carbons (Fsp3) is 0.824. The van der Waals surface area contributed by atoms with Gasteiger partial charge in [-0.2, -0.15) is 0 Å². The third-order valence-electron chi connectivity index (χ3n) is 4.39. The molecule has 0 aliphatic carbocycles. The van der Waals surface area contributed by atoms with Gasteiger partial charge in [-0.25, -0.2) is 4.79 Å². The fourth-order valence-electron chi connectivity index (χ4n) is 3.33. The Kier molecular flexibility index (Phi) is 9.14. The van der Waals surface area contributed by atoms with Gasteiger partial charge in [0, 0.05) is 12.7 Å². The summed E-state index contributed by atoms with van der Waals surface area (Å²) in [4.78, 5) is 11.1. The van der Waals surface area contributed by atoms with E-state index in [0.717, 1.165) is 13.0 Å². The number of carbonyl (C=O) groups excluding carboxylic acids is 1. The smallest absolute Gasteiger partial charge is 0.330 e.